The van der Waals surface area contributed by atoms with Gasteiger partial charge in [-0.15, -0.1) is 0 Å². The summed E-state index contributed by atoms with van der Waals surface area (Å²) in [5.41, 5.74) is 1.26. The maximum atomic E-state index is 13.0. The Bertz CT molecular complexity index is 781. The second-order valence-corrected chi connectivity index (χ2v) is 6.32. The second-order valence-electron chi connectivity index (χ2n) is 5.51. The molecule has 0 bridgehead atoms. The van der Waals surface area contributed by atoms with Crippen LogP contribution in [0.3, 0.4) is 0 Å². The highest BCUT2D eigenvalue weighted by Gasteiger charge is 2.23. The van der Waals surface area contributed by atoms with Gasteiger partial charge in [-0.05, 0) is 24.1 Å². The molecule has 5 nitrogen and oxygen atoms in total. The van der Waals surface area contributed by atoms with E-state index < -0.39 is 11.9 Å². The molecule has 2 aromatic carbocycles. The smallest absolute Gasteiger partial charge is 0.325 e. The molecule has 138 valence electrons. The summed E-state index contributed by atoms with van der Waals surface area (Å²) < 4.78 is 9.85. The van der Waals surface area contributed by atoms with E-state index in [0.29, 0.717) is 23.7 Å². The topological polar surface area (TPSA) is 55.8 Å². The van der Waals surface area contributed by atoms with E-state index in [2.05, 4.69) is 0 Å². The molecule has 0 atom stereocenters. The van der Waals surface area contributed by atoms with Crippen LogP contribution < -0.4 is 4.74 Å². The standard InChI is InChI=1S/C19H19Cl2NO4/c1-25-17-10-14(15(20)11-16(17)21)19(24)22(12-18(23)26-2)9-8-13-6-4-3-5-7-13/h3-7,10-11H,8-9,12H2,1-2H3. The van der Waals surface area contributed by atoms with Gasteiger partial charge in [0, 0.05) is 6.54 Å². The molecule has 1 amide bonds. The van der Waals surface area contributed by atoms with Crippen LogP contribution in [0, 0.1) is 0 Å². The number of carbonyl (C=O) groups is 2. The lowest BCUT2D eigenvalue weighted by Gasteiger charge is -2.22. The van der Waals surface area contributed by atoms with Crippen molar-refractivity contribution < 1.29 is 19.1 Å². The van der Waals surface area contributed by atoms with E-state index in [4.69, 9.17) is 32.7 Å². The van der Waals surface area contributed by atoms with Crippen LogP contribution in [-0.2, 0) is 16.0 Å². The van der Waals surface area contributed by atoms with Gasteiger partial charge in [-0.25, -0.2) is 0 Å². The minimum Gasteiger partial charge on any atom is -0.495 e. The molecule has 0 spiro atoms. The lowest BCUT2D eigenvalue weighted by Crippen LogP contribution is -2.37. The third-order valence-electron chi connectivity index (χ3n) is 3.82. The molecule has 0 saturated heterocycles. The van der Waals surface area contributed by atoms with Crippen molar-refractivity contribution in [1.82, 2.24) is 4.90 Å². The number of amides is 1. The van der Waals surface area contributed by atoms with Crippen molar-refractivity contribution >= 4 is 35.1 Å². The lowest BCUT2D eigenvalue weighted by molar-refractivity contribution is -0.141. The van der Waals surface area contributed by atoms with Gasteiger partial charge in [-0.3, -0.25) is 9.59 Å². The van der Waals surface area contributed by atoms with Crippen LogP contribution in [0.2, 0.25) is 10.0 Å². The fourth-order valence-corrected chi connectivity index (χ4v) is 2.94. The number of carbonyl (C=O) groups excluding carboxylic acids is 2. The Morgan fingerprint density at radius 1 is 1.04 bits per heavy atom. The highest BCUT2D eigenvalue weighted by atomic mass is 35.5. The molecule has 0 aliphatic heterocycles. The monoisotopic (exact) mass is 395 g/mol. The summed E-state index contributed by atoms with van der Waals surface area (Å²) in [7, 11) is 2.73. The van der Waals surface area contributed by atoms with E-state index in [1.54, 1.807) is 0 Å². The van der Waals surface area contributed by atoms with Gasteiger partial charge in [-0.2, -0.15) is 0 Å². The molecule has 0 aliphatic rings. The van der Waals surface area contributed by atoms with Gasteiger partial charge >= 0.3 is 5.97 Å². The molecular formula is C19H19Cl2NO4. The Morgan fingerprint density at radius 3 is 2.35 bits per heavy atom. The van der Waals surface area contributed by atoms with Gasteiger partial charge in [0.15, 0.2) is 0 Å². The molecule has 0 unspecified atom stereocenters. The lowest BCUT2D eigenvalue weighted by atomic mass is 10.1. The quantitative estimate of drug-likeness (QED) is 0.667. The summed E-state index contributed by atoms with van der Waals surface area (Å²) in [6.45, 7) is 0.155. The van der Waals surface area contributed by atoms with Crippen LogP contribution in [0.5, 0.6) is 5.75 Å². The number of benzene rings is 2. The van der Waals surface area contributed by atoms with Gasteiger partial charge in [0.2, 0.25) is 0 Å². The largest absolute Gasteiger partial charge is 0.495 e. The summed E-state index contributed by atoms with van der Waals surface area (Å²) in [6, 6.07) is 12.6. The van der Waals surface area contributed by atoms with Crippen LogP contribution in [-0.4, -0.2) is 44.1 Å². The Balaban J connectivity index is 2.26. The van der Waals surface area contributed by atoms with E-state index in [1.165, 1.54) is 31.3 Å². The highest BCUT2D eigenvalue weighted by molar-refractivity contribution is 6.37. The van der Waals surface area contributed by atoms with Crippen molar-refractivity contribution in [3.8, 4) is 5.75 Å². The average molecular weight is 396 g/mol. The predicted octanol–water partition coefficient (Wildman–Crippen LogP) is 3.86. The number of hydrogen-bond acceptors (Lipinski definition) is 4. The number of methoxy groups -OCH3 is 2. The molecule has 2 rings (SSSR count). The third-order valence-corrected chi connectivity index (χ3v) is 4.43. The first kappa shape index (κ1) is 20.1. The van der Waals surface area contributed by atoms with Crippen molar-refractivity contribution in [1.29, 1.82) is 0 Å². The van der Waals surface area contributed by atoms with Gasteiger partial charge in [0.1, 0.15) is 12.3 Å². The number of rotatable bonds is 7. The number of halogens is 2. The van der Waals surface area contributed by atoms with Gasteiger partial charge in [0.05, 0.1) is 29.8 Å². The Hall–Kier alpha value is -2.24. The number of nitrogens with zero attached hydrogens (tertiary/aromatic N) is 1. The minimum atomic E-state index is -0.511. The number of hydrogen-bond donors (Lipinski definition) is 0. The van der Waals surface area contributed by atoms with Gasteiger partial charge in [0.25, 0.3) is 5.91 Å². The molecular weight excluding hydrogens is 377 g/mol. The van der Waals surface area contributed by atoms with Gasteiger partial charge < -0.3 is 14.4 Å². The minimum absolute atomic E-state index is 0.177. The fraction of sp³-hybridized carbons (Fsp3) is 0.263. The Labute approximate surface area is 162 Å². The van der Waals surface area contributed by atoms with Crippen molar-refractivity contribution in [2.24, 2.45) is 0 Å². The van der Waals surface area contributed by atoms with Crippen molar-refractivity contribution in [3.05, 3.63) is 63.6 Å². The van der Waals surface area contributed by atoms with E-state index in [1.807, 2.05) is 30.3 Å². The molecule has 0 saturated carbocycles. The summed E-state index contributed by atoms with van der Waals surface area (Å²) in [5, 5.41) is 0.494. The first-order chi connectivity index (χ1) is 12.5. The zero-order chi connectivity index (χ0) is 19.1. The predicted molar refractivity (Wildman–Crippen MR) is 101 cm³/mol. The van der Waals surface area contributed by atoms with E-state index in [-0.39, 0.29) is 17.1 Å². The van der Waals surface area contributed by atoms with Crippen LogP contribution in [0.1, 0.15) is 15.9 Å². The summed E-state index contributed by atoms with van der Waals surface area (Å²) in [6.07, 6.45) is 0.589. The molecule has 0 radical (unpaired) electrons. The molecule has 26 heavy (non-hydrogen) atoms. The zero-order valence-corrected chi connectivity index (χ0v) is 16.0. The maximum absolute atomic E-state index is 13.0. The average Bonchev–Trinajstić information content (AvgIpc) is 2.65. The van der Waals surface area contributed by atoms with Gasteiger partial charge in [-0.1, -0.05) is 53.5 Å². The maximum Gasteiger partial charge on any atom is 0.325 e. The van der Waals surface area contributed by atoms with E-state index >= 15 is 0 Å². The summed E-state index contributed by atoms with van der Waals surface area (Å²) in [4.78, 5) is 26.1. The van der Waals surface area contributed by atoms with Crippen molar-refractivity contribution in [3.63, 3.8) is 0 Å². The number of esters is 1. The van der Waals surface area contributed by atoms with E-state index in [9.17, 15) is 9.59 Å². The molecule has 2 aromatic rings. The SMILES string of the molecule is COC(=O)CN(CCc1ccccc1)C(=O)c1cc(OC)c(Cl)cc1Cl. The fourth-order valence-electron chi connectivity index (χ4n) is 2.40. The first-order valence-electron chi connectivity index (χ1n) is 7.89. The molecule has 0 fully saturated rings. The molecule has 0 aliphatic carbocycles. The zero-order valence-electron chi connectivity index (χ0n) is 14.5. The first-order valence-corrected chi connectivity index (χ1v) is 8.65. The van der Waals surface area contributed by atoms with Crippen LogP contribution in [0.15, 0.2) is 42.5 Å². The second kappa shape index (κ2) is 9.46. The Morgan fingerprint density at radius 2 is 1.73 bits per heavy atom. The molecule has 0 N–H and O–H groups in total. The highest BCUT2D eigenvalue weighted by Crippen LogP contribution is 2.31. The molecule has 0 aromatic heterocycles. The summed E-state index contributed by atoms with van der Waals surface area (Å²) in [5.74, 6) is -0.574. The van der Waals surface area contributed by atoms with Crippen molar-refractivity contribution in [2.75, 3.05) is 27.3 Å². The third kappa shape index (κ3) is 5.13. The Kier molecular flexibility index (Phi) is 7.30. The number of ether oxygens (including phenoxy) is 2. The van der Waals surface area contributed by atoms with E-state index in [0.717, 1.165) is 5.56 Å². The molecule has 7 heteroatoms. The van der Waals surface area contributed by atoms with Crippen molar-refractivity contribution in [2.45, 2.75) is 6.42 Å². The van der Waals surface area contributed by atoms with Crippen LogP contribution in [0.25, 0.3) is 0 Å². The molecule has 0 heterocycles. The summed E-state index contributed by atoms with van der Waals surface area (Å²) >= 11 is 12.2. The normalized spacial score (nSPS) is 10.3. The van der Waals surface area contributed by atoms with Crippen LogP contribution >= 0.6 is 23.2 Å². The van der Waals surface area contributed by atoms with Crippen LogP contribution in [0.4, 0.5) is 0 Å².